The lowest BCUT2D eigenvalue weighted by Crippen LogP contribution is -2.35. The van der Waals surface area contributed by atoms with Gasteiger partial charge in [-0.1, -0.05) is 58.0 Å². The molecule has 0 aliphatic carbocycles. The highest BCUT2D eigenvalue weighted by molar-refractivity contribution is 5.78. The Morgan fingerprint density at radius 1 is 1.18 bits per heavy atom. The van der Waals surface area contributed by atoms with Gasteiger partial charge >= 0.3 is 0 Å². The van der Waals surface area contributed by atoms with Gasteiger partial charge in [-0.05, 0) is 17.9 Å². The molecule has 0 saturated heterocycles. The molecule has 1 amide bonds. The van der Waals surface area contributed by atoms with Crippen LogP contribution >= 0.6 is 0 Å². The van der Waals surface area contributed by atoms with Crippen molar-refractivity contribution in [2.45, 2.75) is 40.2 Å². The molecule has 0 spiro atoms. The average molecular weight is 233 g/mol. The van der Waals surface area contributed by atoms with Gasteiger partial charge in [0.2, 0.25) is 5.91 Å². The van der Waals surface area contributed by atoms with Gasteiger partial charge in [-0.15, -0.1) is 0 Å². The molecule has 0 aliphatic rings. The smallest absolute Gasteiger partial charge is 0.223 e. The molecule has 0 aliphatic heterocycles. The summed E-state index contributed by atoms with van der Waals surface area (Å²) >= 11 is 0. The normalized spacial score (nSPS) is 14.4. The summed E-state index contributed by atoms with van der Waals surface area (Å²) in [5, 5.41) is 3.14. The van der Waals surface area contributed by atoms with E-state index in [1.54, 1.807) is 0 Å². The molecule has 2 nitrogen and oxygen atoms in total. The topological polar surface area (TPSA) is 29.1 Å². The lowest BCUT2D eigenvalue weighted by Gasteiger charge is -2.24. The molecule has 0 radical (unpaired) electrons. The second-order valence-electron chi connectivity index (χ2n) is 4.95. The summed E-state index contributed by atoms with van der Waals surface area (Å²) in [6.07, 6.45) is 0.880. The predicted molar refractivity (Wildman–Crippen MR) is 71.6 cm³/mol. The van der Waals surface area contributed by atoms with Crippen LogP contribution in [0.4, 0.5) is 0 Å². The minimum atomic E-state index is 0.0833. The van der Waals surface area contributed by atoms with Crippen LogP contribution in [-0.4, -0.2) is 5.91 Å². The highest BCUT2D eigenvalue weighted by atomic mass is 16.1. The molecule has 94 valence electrons. The molecule has 0 aromatic heterocycles. The van der Waals surface area contributed by atoms with E-state index in [0.717, 1.165) is 6.42 Å². The van der Waals surface area contributed by atoms with Crippen molar-refractivity contribution >= 4 is 5.91 Å². The van der Waals surface area contributed by atoms with Crippen LogP contribution in [0.2, 0.25) is 0 Å². The second kappa shape index (κ2) is 6.43. The van der Waals surface area contributed by atoms with E-state index < -0.39 is 0 Å². The zero-order valence-corrected chi connectivity index (χ0v) is 11.2. The zero-order chi connectivity index (χ0) is 12.8. The minimum absolute atomic E-state index is 0.0833. The van der Waals surface area contributed by atoms with Crippen molar-refractivity contribution in [3.8, 4) is 0 Å². The van der Waals surface area contributed by atoms with E-state index in [1.807, 2.05) is 32.0 Å². The Hall–Kier alpha value is -1.31. The minimum Gasteiger partial charge on any atom is -0.349 e. The lowest BCUT2D eigenvalue weighted by molar-refractivity contribution is -0.125. The largest absolute Gasteiger partial charge is 0.349 e. The first-order valence-corrected chi connectivity index (χ1v) is 6.41. The van der Waals surface area contributed by atoms with E-state index in [9.17, 15) is 4.79 Å². The van der Waals surface area contributed by atoms with E-state index in [1.165, 1.54) is 5.56 Å². The van der Waals surface area contributed by atoms with Gasteiger partial charge in [0, 0.05) is 5.92 Å². The summed E-state index contributed by atoms with van der Waals surface area (Å²) in [4.78, 5) is 12.0. The number of rotatable bonds is 5. The van der Waals surface area contributed by atoms with Gasteiger partial charge in [0.05, 0.1) is 6.04 Å². The molecule has 0 fully saturated rings. The van der Waals surface area contributed by atoms with Crippen LogP contribution in [0.5, 0.6) is 0 Å². The number of carbonyl (C=O) groups is 1. The third-order valence-corrected chi connectivity index (χ3v) is 3.18. The number of hydrogen-bond acceptors (Lipinski definition) is 1. The molecule has 2 atom stereocenters. The summed E-state index contributed by atoms with van der Waals surface area (Å²) in [7, 11) is 0. The Morgan fingerprint density at radius 2 is 1.76 bits per heavy atom. The summed E-state index contributed by atoms with van der Waals surface area (Å²) in [6.45, 7) is 8.28. The van der Waals surface area contributed by atoms with Crippen LogP contribution < -0.4 is 5.32 Å². The Bertz CT molecular complexity index is 345. The van der Waals surface area contributed by atoms with Gasteiger partial charge < -0.3 is 5.32 Å². The first-order valence-electron chi connectivity index (χ1n) is 6.41. The fraction of sp³-hybridized carbons (Fsp3) is 0.533. The average Bonchev–Trinajstić information content (AvgIpc) is 2.35. The lowest BCUT2D eigenvalue weighted by atomic mass is 9.95. The van der Waals surface area contributed by atoms with Crippen molar-refractivity contribution < 1.29 is 4.79 Å². The Balaban J connectivity index is 2.78. The van der Waals surface area contributed by atoms with Crippen LogP contribution in [0.15, 0.2) is 30.3 Å². The summed E-state index contributed by atoms with van der Waals surface area (Å²) in [5.41, 5.74) is 1.18. The van der Waals surface area contributed by atoms with Crippen molar-refractivity contribution in [2.24, 2.45) is 11.8 Å². The number of nitrogens with one attached hydrogen (secondary N) is 1. The fourth-order valence-electron chi connectivity index (χ4n) is 1.78. The molecule has 1 aromatic rings. The maximum absolute atomic E-state index is 12.0. The highest BCUT2D eigenvalue weighted by Crippen LogP contribution is 2.22. The molecule has 1 rings (SSSR count). The SMILES string of the molecule is CCC(C)C(=O)NC(c1ccccc1)C(C)C. The van der Waals surface area contributed by atoms with Crippen LogP contribution in [-0.2, 0) is 4.79 Å². The molecule has 0 saturated carbocycles. The predicted octanol–water partition coefficient (Wildman–Crippen LogP) is 3.55. The monoisotopic (exact) mass is 233 g/mol. The van der Waals surface area contributed by atoms with Crippen molar-refractivity contribution in [1.82, 2.24) is 5.32 Å². The van der Waals surface area contributed by atoms with Gasteiger partial charge in [-0.2, -0.15) is 0 Å². The van der Waals surface area contributed by atoms with Crippen molar-refractivity contribution in [3.63, 3.8) is 0 Å². The summed E-state index contributed by atoms with van der Waals surface area (Å²) < 4.78 is 0. The van der Waals surface area contributed by atoms with E-state index in [2.05, 4.69) is 31.3 Å². The van der Waals surface area contributed by atoms with Gasteiger partial charge in [0.1, 0.15) is 0 Å². The van der Waals surface area contributed by atoms with Crippen molar-refractivity contribution in [2.75, 3.05) is 0 Å². The van der Waals surface area contributed by atoms with Gasteiger partial charge in [-0.25, -0.2) is 0 Å². The van der Waals surface area contributed by atoms with E-state index in [-0.39, 0.29) is 17.9 Å². The molecule has 0 heterocycles. The Kier molecular flexibility index (Phi) is 5.20. The Labute approximate surface area is 104 Å². The molecule has 0 bridgehead atoms. The van der Waals surface area contributed by atoms with Crippen LogP contribution in [0.3, 0.4) is 0 Å². The molecular formula is C15H23NO. The Morgan fingerprint density at radius 3 is 2.24 bits per heavy atom. The molecule has 2 heteroatoms. The number of benzene rings is 1. The molecule has 1 aromatic carbocycles. The van der Waals surface area contributed by atoms with E-state index >= 15 is 0 Å². The van der Waals surface area contributed by atoms with Crippen molar-refractivity contribution in [3.05, 3.63) is 35.9 Å². The van der Waals surface area contributed by atoms with E-state index in [0.29, 0.717) is 5.92 Å². The highest BCUT2D eigenvalue weighted by Gasteiger charge is 2.20. The van der Waals surface area contributed by atoms with Crippen LogP contribution in [0, 0.1) is 11.8 Å². The number of carbonyl (C=O) groups excluding carboxylic acids is 1. The molecule has 2 unspecified atom stereocenters. The number of hydrogen-bond donors (Lipinski definition) is 1. The van der Waals surface area contributed by atoms with Gasteiger partial charge in [0.25, 0.3) is 0 Å². The van der Waals surface area contributed by atoms with Gasteiger partial charge in [-0.3, -0.25) is 4.79 Å². The number of amides is 1. The maximum atomic E-state index is 12.0. The third-order valence-electron chi connectivity index (χ3n) is 3.18. The second-order valence-corrected chi connectivity index (χ2v) is 4.95. The molecular weight excluding hydrogens is 210 g/mol. The molecule has 17 heavy (non-hydrogen) atoms. The first-order chi connectivity index (χ1) is 8.06. The maximum Gasteiger partial charge on any atom is 0.223 e. The standard InChI is InChI=1S/C15H23NO/c1-5-12(4)15(17)16-14(11(2)3)13-9-7-6-8-10-13/h6-12,14H,5H2,1-4H3,(H,16,17). The van der Waals surface area contributed by atoms with E-state index in [4.69, 9.17) is 0 Å². The van der Waals surface area contributed by atoms with Gasteiger partial charge in [0.15, 0.2) is 0 Å². The zero-order valence-electron chi connectivity index (χ0n) is 11.2. The fourth-order valence-corrected chi connectivity index (χ4v) is 1.78. The summed E-state index contributed by atoms with van der Waals surface area (Å²) in [6, 6.07) is 10.3. The quantitative estimate of drug-likeness (QED) is 0.828. The third kappa shape index (κ3) is 3.88. The van der Waals surface area contributed by atoms with Crippen LogP contribution in [0.1, 0.15) is 45.7 Å². The summed E-state index contributed by atoms with van der Waals surface area (Å²) in [5.74, 6) is 0.625. The van der Waals surface area contributed by atoms with Crippen molar-refractivity contribution in [1.29, 1.82) is 0 Å². The molecule has 1 N–H and O–H groups in total. The van der Waals surface area contributed by atoms with Crippen LogP contribution in [0.25, 0.3) is 0 Å². The first kappa shape index (κ1) is 13.8.